The third kappa shape index (κ3) is 7.65. The number of halogens is 3. The van der Waals surface area contributed by atoms with Gasteiger partial charge in [-0.3, -0.25) is 4.79 Å². The fourth-order valence-electron chi connectivity index (χ4n) is 2.53. The number of carbonyl (C=O) groups excluding carboxylic acids is 1. The Bertz CT molecular complexity index is 924. The lowest BCUT2D eigenvalue weighted by Gasteiger charge is -2.23. The molecule has 0 aliphatic rings. The van der Waals surface area contributed by atoms with Crippen molar-refractivity contribution in [3.63, 3.8) is 0 Å². The van der Waals surface area contributed by atoms with E-state index in [1.807, 2.05) is 37.8 Å². The summed E-state index contributed by atoms with van der Waals surface area (Å²) in [6.07, 6.45) is -5.08. The van der Waals surface area contributed by atoms with Gasteiger partial charge in [-0.25, -0.2) is 9.59 Å². The summed E-state index contributed by atoms with van der Waals surface area (Å²) in [7, 11) is 0. The van der Waals surface area contributed by atoms with Crippen LogP contribution < -0.4 is 10.2 Å². The first-order valence-electron chi connectivity index (χ1n) is 9.21. The standard InChI is InChI=1S/C19H22N2O3.C2HF3O2/c1-4-21(5-2)17-11-10-15(12-16(17)19(23)24)20-18(22)14-8-6-13(3)7-9-14;3-2(4,5)1(6)7/h6-12H,4-5H2,1-3H3,(H,20,22)(H,23,24);(H,6,7). The first-order chi connectivity index (χ1) is 14.4. The summed E-state index contributed by atoms with van der Waals surface area (Å²) in [4.78, 5) is 34.7. The molecule has 1 amide bonds. The van der Waals surface area contributed by atoms with Crippen LogP contribution in [-0.4, -0.2) is 47.3 Å². The number of carbonyl (C=O) groups is 3. The van der Waals surface area contributed by atoms with Crippen molar-refractivity contribution in [2.75, 3.05) is 23.3 Å². The minimum Gasteiger partial charge on any atom is -0.478 e. The molecule has 0 saturated heterocycles. The van der Waals surface area contributed by atoms with Gasteiger partial charge in [0.2, 0.25) is 0 Å². The van der Waals surface area contributed by atoms with E-state index in [0.717, 1.165) is 5.56 Å². The Morgan fingerprint density at radius 2 is 1.48 bits per heavy atom. The van der Waals surface area contributed by atoms with Gasteiger partial charge < -0.3 is 20.4 Å². The average molecular weight is 440 g/mol. The zero-order valence-electron chi connectivity index (χ0n) is 17.2. The number of rotatable bonds is 6. The maximum atomic E-state index is 12.3. The van der Waals surface area contributed by atoms with Crippen molar-refractivity contribution in [1.82, 2.24) is 0 Å². The molecule has 0 radical (unpaired) electrons. The average Bonchev–Trinajstić information content (AvgIpc) is 2.69. The second-order valence-corrected chi connectivity index (χ2v) is 6.33. The minimum atomic E-state index is -5.08. The number of hydrogen-bond donors (Lipinski definition) is 3. The maximum absolute atomic E-state index is 12.3. The molecule has 31 heavy (non-hydrogen) atoms. The van der Waals surface area contributed by atoms with Crippen LogP contribution in [0.3, 0.4) is 0 Å². The fourth-order valence-corrected chi connectivity index (χ4v) is 2.53. The molecule has 0 heterocycles. The predicted octanol–water partition coefficient (Wildman–Crippen LogP) is 4.43. The number of alkyl halides is 3. The number of amides is 1. The van der Waals surface area contributed by atoms with Crippen molar-refractivity contribution in [3.05, 3.63) is 59.2 Å². The largest absolute Gasteiger partial charge is 0.490 e. The maximum Gasteiger partial charge on any atom is 0.490 e. The van der Waals surface area contributed by atoms with Crippen LogP contribution >= 0.6 is 0 Å². The van der Waals surface area contributed by atoms with Gasteiger partial charge in [-0.2, -0.15) is 13.2 Å². The van der Waals surface area contributed by atoms with Gasteiger partial charge in [0.05, 0.1) is 11.3 Å². The first-order valence-corrected chi connectivity index (χ1v) is 9.21. The second-order valence-electron chi connectivity index (χ2n) is 6.33. The molecule has 2 aromatic carbocycles. The molecule has 0 aromatic heterocycles. The molecular formula is C21H23F3N2O5. The monoisotopic (exact) mass is 440 g/mol. The van der Waals surface area contributed by atoms with Gasteiger partial charge in [-0.05, 0) is 51.1 Å². The molecule has 168 valence electrons. The molecular weight excluding hydrogens is 417 g/mol. The quantitative estimate of drug-likeness (QED) is 0.614. The van der Waals surface area contributed by atoms with Gasteiger partial charge in [-0.1, -0.05) is 17.7 Å². The lowest BCUT2D eigenvalue weighted by molar-refractivity contribution is -0.192. The van der Waals surface area contributed by atoms with Crippen LogP contribution in [-0.2, 0) is 4.79 Å². The smallest absolute Gasteiger partial charge is 0.478 e. The molecule has 0 atom stereocenters. The third-order valence-electron chi connectivity index (χ3n) is 4.15. The van der Waals surface area contributed by atoms with Crippen LogP contribution in [0, 0.1) is 6.92 Å². The van der Waals surface area contributed by atoms with Crippen molar-refractivity contribution in [2.24, 2.45) is 0 Å². The van der Waals surface area contributed by atoms with Crippen LogP contribution in [0.5, 0.6) is 0 Å². The van der Waals surface area contributed by atoms with E-state index in [4.69, 9.17) is 9.90 Å². The van der Waals surface area contributed by atoms with Crippen molar-refractivity contribution >= 4 is 29.2 Å². The summed E-state index contributed by atoms with van der Waals surface area (Å²) >= 11 is 0. The van der Waals surface area contributed by atoms with E-state index in [0.29, 0.717) is 30.0 Å². The number of carboxylic acids is 2. The van der Waals surface area contributed by atoms with Gasteiger partial charge in [0.1, 0.15) is 0 Å². The van der Waals surface area contributed by atoms with Crippen LogP contribution in [0.25, 0.3) is 0 Å². The summed E-state index contributed by atoms with van der Waals surface area (Å²) in [5.74, 6) is -4.03. The number of aliphatic carboxylic acids is 1. The Kier molecular flexibility index (Phi) is 9.04. The zero-order valence-corrected chi connectivity index (χ0v) is 17.2. The number of nitrogens with zero attached hydrogens (tertiary/aromatic N) is 1. The van der Waals surface area contributed by atoms with Gasteiger partial charge in [0.25, 0.3) is 5.91 Å². The summed E-state index contributed by atoms with van der Waals surface area (Å²) in [5.41, 5.74) is 2.91. The molecule has 2 rings (SSSR count). The molecule has 0 bridgehead atoms. The molecule has 0 spiro atoms. The summed E-state index contributed by atoms with van der Waals surface area (Å²) in [6.45, 7) is 7.33. The molecule has 0 fully saturated rings. The lowest BCUT2D eigenvalue weighted by atomic mass is 10.1. The van der Waals surface area contributed by atoms with Crippen molar-refractivity contribution in [3.8, 4) is 0 Å². The molecule has 0 unspecified atom stereocenters. The van der Waals surface area contributed by atoms with Crippen LogP contribution in [0.15, 0.2) is 42.5 Å². The Morgan fingerprint density at radius 1 is 0.968 bits per heavy atom. The number of benzene rings is 2. The van der Waals surface area contributed by atoms with Crippen molar-refractivity contribution in [1.29, 1.82) is 0 Å². The molecule has 0 aliphatic heterocycles. The molecule has 7 nitrogen and oxygen atoms in total. The highest BCUT2D eigenvalue weighted by Crippen LogP contribution is 2.25. The van der Waals surface area contributed by atoms with Gasteiger partial charge >= 0.3 is 18.1 Å². The highest BCUT2D eigenvalue weighted by molar-refractivity contribution is 6.05. The molecule has 0 aliphatic carbocycles. The predicted molar refractivity (Wildman–Crippen MR) is 110 cm³/mol. The summed E-state index contributed by atoms with van der Waals surface area (Å²) in [5, 5.41) is 19.4. The van der Waals surface area contributed by atoms with Crippen molar-refractivity contribution in [2.45, 2.75) is 26.9 Å². The summed E-state index contributed by atoms with van der Waals surface area (Å²) < 4.78 is 31.7. The number of hydrogen-bond acceptors (Lipinski definition) is 4. The highest BCUT2D eigenvalue weighted by Gasteiger charge is 2.38. The number of aromatic carboxylic acids is 1. The normalized spacial score (nSPS) is 10.5. The van der Waals surface area contributed by atoms with Crippen LogP contribution in [0.4, 0.5) is 24.5 Å². The second kappa shape index (κ2) is 11.0. The van der Waals surface area contributed by atoms with E-state index >= 15 is 0 Å². The Hall–Kier alpha value is -3.56. The third-order valence-corrected chi connectivity index (χ3v) is 4.15. The Morgan fingerprint density at radius 3 is 1.90 bits per heavy atom. The molecule has 10 heteroatoms. The zero-order chi connectivity index (χ0) is 23.8. The SMILES string of the molecule is CCN(CC)c1ccc(NC(=O)c2ccc(C)cc2)cc1C(=O)O.O=C(O)C(F)(F)F. The minimum absolute atomic E-state index is 0.181. The van der Waals surface area contributed by atoms with E-state index in [9.17, 15) is 27.9 Å². The van der Waals surface area contributed by atoms with E-state index in [1.54, 1.807) is 24.3 Å². The Labute approximate surface area is 177 Å². The number of carboxylic acid groups (broad SMARTS) is 2. The Balaban J connectivity index is 0.000000592. The van der Waals surface area contributed by atoms with E-state index < -0.39 is 18.1 Å². The van der Waals surface area contributed by atoms with E-state index in [-0.39, 0.29) is 11.5 Å². The molecule has 0 saturated carbocycles. The van der Waals surface area contributed by atoms with Crippen molar-refractivity contribution < 1.29 is 37.8 Å². The van der Waals surface area contributed by atoms with Crippen LogP contribution in [0.2, 0.25) is 0 Å². The highest BCUT2D eigenvalue weighted by atomic mass is 19.4. The summed E-state index contributed by atoms with van der Waals surface area (Å²) in [6, 6.07) is 12.2. The van der Waals surface area contributed by atoms with E-state index in [1.165, 1.54) is 6.07 Å². The fraction of sp³-hybridized carbons (Fsp3) is 0.286. The lowest BCUT2D eigenvalue weighted by Crippen LogP contribution is -2.24. The van der Waals surface area contributed by atoms with Crippen LogP contribution in [0.1, 0.15) is 40.1 Å². The van der Waals surface area contributed by atoms with Gasteiger partial charge in [0, 0.05) is 24.3 Å². The number of anilines is 2. The first kappa shape index (κ1) is 25.5. The topological polar surface area (TPSA) is 107 Å². The van der Waals surface area contributed by atoms with Gasteiger partial charge in [0.15, 0.2) is 0 Å². The molecule has 2 aromatic rings. The van der Waals surface area contributed by atoms with Gasteiger partial charge in [-0.15, -0.1) is 0 Å². The molecule has 3 N–H and O–H groups in total. The van der Waals surface area contributed by atoms with E-state index in [2.05, 4.69) is 5.32 Å². The number of nitrogens with one attached hydrogen (secondary N) is 1. The number of aryl methyl sites for hydroxylation is 1.